The molecule has 2 rings (SSSR count). The van der Waals surface area contributed by atoms with Crippen LogP contribution in [0.15, 0.2) is 11.6 Å². The van der Waals surface area contributed by atoms with Gasteiger partial charge in [0.05, 0.1) is 19.1 Å². The molecule has 0 aromatic carbocycles. The van der Waals surface area contributed by atoms with E-state index in [1.165, 1.54) is 5.57 Å². The second-order valence-corrected chi connectivity index (χ2v) is 6.82. The predicted octanol–water partition coefficient (Wildman–Crippen LogP) is 1.82. The number of hydrogen-bond acceptors (Lipinski definition) is 3. The van der Waals surface area contributed by atoms with E-state index in [-0.39, 0.29) is 23.3 Å². The van der Waals surface area contributed by atoms with Crippen molar-refractivity contribution in [2.45, 2.75) is 40.2 Å². The van der Waals surface area contributed by atoms with Crippen molar-refractivity contribution >= 4 is 5.91 Å². The average Bonchev–Trinajstić information content (AvgIpc) is 2.86. The summed E-state index contributed by atoms with van der Waals surface area (Å²) < 4.78 is 5.48. The summed E-state index contributed by atoms with van der Waals surface area (Å²) in [7, 11) is 0. The molecule has 2 unspecified atom stereocenters. The van der Waals surface area contributed by atoms with Crippen molar-refractivity contribution in [3.63, 3.8) is 0 Å². The SMILES string of the molecule is CCNC1COCC1C(=O)N1CC=C(C(C)(C)C)CC1. The zero-order chi connectivity index (χ0) is 14.8. The number of carbonyl (C=O) groups excluding carboxylic acids is 1. The molecule has 2 heterocycles. The molecule has 0 radical (unpaired) electrons. The van der Waals surface area contributed by atoms with Crippen molar-refractivity contribution in [3.8, 4) is 0 Å². The fourth-order valence-electron chi connectivity index (χ4n) is 3.05. The van der Waals surface area contributed by atoms with Gasteiger partial charge in [0.1, 0.15) is 0 Å². The number of carbonyl (C=O) groups is 1. The standard InChI is InChI=1S/C16H28N2O2/c1-5-17-14-11-20-10-13(14)15(19)18-8-6-12(7-9-18)16(2,3)4/h6,13-14,17H,5,7-11H2,1-4H3. The summed E-state index contributed by atoms with van der Waals surface area (Å²) in [6.45, 7) is 12.5. The number of nitrogens with zero attached hydrogens (tertiary/aromatic N) is 1. The quantitative estimate of drug-likeness (QED) is 0.802. The van der Waals surface area contributed by atoms with Crippen molar-refractivity contribution in [1.29, 1.82) is 0 Å². The van der Waals surface area contributed by atoms with E-state index in [9.17, 15) is 4.79 Å². The Morgan fingerprint density at radius 1 is 1.45 bits per heavy atom. The number of amides is 1. The molecule has 4 heteroatoms. The van der Waals surface area contributed by atoms with Gasteiger partial charge in [-0.1, -0.05) is 39.3 Å². The number of hydrogen-bond donors (Lipinski definition) is 1. The third-order valence-corrected chi connectivity index (χ3v) is 4.35. The molecule has 20 heavy (non-hydrogen) atoms. The summed E-state index contributed by atoms with van der Waals surface area (Å²) >= 11 is 0. The smallest absolute Gasteiger partial charge is 0.229 e. The second-order valence-electron chi connectivity index (χ2n) is 6.82. The van der Waals surface area contributed by atoms with Gasteiger partial charge in [-0.05, 0) is 18.4 Å². The Bertz CT molecular complexity index is 384. The normalized spacial score (nSPS) is 27.6. The van der Waals surface area contributed by atoms with E-state index in [4.69, 9.17) is 4.74 Å². The van der Waals surface area contributed by atoms with Crippen LogP contribution in [-0.2, 0) is 9.53 Å². The van der Waals surface area contributed by atoms with Gasteiger partial charge in [0.25, 0.3) is 0 Å². The van der Waals surface area contributed by atoms with Gasteiger partial charge >= 0.3 is 0 Å². The van der Waals surface area contributed by atoms with Crippen LogP contribution in [0, 0.1) is 11.3 Å². The number of likely N-dealkylation sites (N-methyl/N-ethyl adjacent to an activating group) is 1. The number of ether oxygens (including phenoxy) is 1. The van der Waals surface area contributed by atoms with Crippen molar-refractivity contribution < 1.29 is 9.53 Å². The van der Waals surface area contributed by atoms with Crippen molar-refractivity contribution in [1.82, 2.24) is 10.2 Å². The van der Waals surface area contributed by atoms with Gasteiger partial charge in [-0.25, -0.2) is 0 Å². The Labute approximate surface area is 122 Å². The van der Waals surface area contributed by atoms with Crippen LogP contribution in [0.2, 0.25) is 0 Å². The van der Waals surface area contributed by atoms with Crippen molar-refractivity contribution in [3.05, 3.63) is 11.6 Å². The van der Waals surface area contributed by atoms with Crippen LogP contribution in [0.1, 0.15) is 34.1 Å². The highest BCUT2D eigenvalue weighted by atomic mass is 16.5. The first-order valence-electron chi connectivity index (χ1n) is 7.73. The summed E-state index contributed by atoms with van der Waals surface area (Å²) in [6, 6.07) is 0.181. The lowest BCUT2D eigenvalue weighted by Gasteiger charge is -2.34. The summed E-state index contributed by atoms with van der Waals surface area (Å²) in [5, 5.41) is 3.36. The van der Waals surface area contributed by atoms with Gasteiger partial charge in [0.15, 0.2) is 0 Å². The fraction of sp³-hybridized carbons (Fsp3) is 0.812. The van der Waals surface area contributed by atoms with E-state index in [1.54, 1.807) is 0 Å². The molecule has 2 aliphatic heterocycles. The lowest BCUT2D eigenvalue weighted by Crippen LogP contribution is -2.47. The lowest BCUT2D eigenvalue weighted by atomic mass is 9.83. The molecule has 0 spiro atoms. The number of rotatable bonds is 3. The summed E-state index contributed by atoms with van der Waals surface area (Å²) in [4.78, 5) is 14.6. The highest BCUT2D eigenvalue weighted by Gasteiger charge is 2.36. The van der Waals surface area contributed by atoms with Gasteiger partial charge in [-0.15, -0.1) is 0 Å². The molecule has 0 aromatic heterocycles. The van der Waals surface area contributed by atoms with Crippen LogP contribution < -0.4 is 5.32 Å². The van der Waals surface area contributed by atoms with Crippen LogP contribution in [0.3, 0.4) is 0 Å². The molecule has 0 aliphatic carbocycles. The minimum absolute atomic E-state index is 0.0143. The highest BCUT2D eigenvalue weighted by molar-refractivity contribution is 5.80. The molecular weight excluding hydrogens is 252 g/mol. The topological polar surface area (TPSA) is 41.6 Å². The summed E-state index contributed by atoms with van der Waals surface area (Å²) in [5.74, 6) is 0.234. The van der Waals surface area contributed by atoms with Crippen molar-refractivity contribution in [2.75, 3.05) is 32.8 Å². The Hall–Kier alpha value is -0.870. The molecule has 2 atom stereocenters. The first-order valence-corrected chi connectivity index (χ1v) is 7.73. The highest BCUT2D eigenvalue weighted by Crippen LogP contribution is 2.30. The molecule has 1 fully saturated rings. The molecule has 1 saturated heterocycles. The first kappa shape index (κ1) is 15.5. The Morgan fingerprint density at radius 2 is 2.20 bits per heavy atom. The lowest BCUT2D eigenvalue weighted by molar-refractivity contribution is -0.135. The van der Waals surface area contributed by atoms with E-state index in [0.717, 1.165) is 26.1 Å². The number of nitrogens with one attached hydrogen (secondary N) is 1. The zero-order valence-electron chi connectivity index (χ0n) is 13.2. The largest absolute Gasteiger partial charge is 0.379 e. The molecule has 114 valence electrons. The Balaban J connectivity index is 1.96. The maximum atomic E-state index is 12.6. The van der Waals surface area contributed by atoms with E-state index < -0.39 is 0 Å². The van der Waals surface area contributed by atoms with Crippen LogP contribution in [0.4, 0.5) is 0 Å². The minimum atomic E-state index is -0.0143. The van der Waals surface area contributed by atoms with Gasteiger partial charge in [0, 0.05) is 19.1 Å². The molecule has 1 N–H and O–H groups in total. The summed E-state index contributed by atoms with van der Waals surface area (Å²) in [5.41, 5.74) is 1.69. The molecule has 1 amide bonds. The molecule has 0 saturated carbocycles. The molecule has 4 nitrogen and oxygen atoms in total. The second kappa shape index (κ2) is 6.27. The predicted molar refractivity (Wildman–Crippen MR) is 80.5 cm³/mol. The molecular formula is C16H28N2O2. The van der Waals surface area contributed by atoms with E-state index in [1.807, 2.05) is 4.90 Å². The average molecular weight is 280 g/mol. The zero-order valence-corrected chi connectivity index (χ0v) is 13.2. The first-order chi connectivity index (χ1) is 9.43. The van der Waals surface area contributed by atoms with Crippen LogP contribution in [0.5, 0.6) is 0 Å². The minimum Gasteiger partial charge on any atom is -0.379 e. The van der Waals surface area contributed by atoms with E-state index in [0.29, 0.717) is 13.2 Å². The van der Waals surface area contributed by atoms with Crippen molar-refractivity contribution in [2.24, 2.45) is 11.3 Å². The van der Waals surface area contributed by atoms with Gasteiger partial charge < -0.3 is 15.0 Å². The molecule has 2 aliphatic rings. The molecule has 0 aromatic rings. The maximum absolute atomic E-state index is 12.6. The van der Waals surface area contributed by atoms with Crippen LogP contribution in [-0.4, -0.2) is 49.7 Å². The van der Waals surface area contributed by atoms with Gasteiger partial charge in [-0.2, -0.15) is 0 Å². The monoisotopic (exact) mass is 280 g/mol. The van der Waals surface area contributed by atoms with Crippen LogP contribution >= 0.6 is 0 Å². The third kappa shape index (κ3) is 3.41. The van der Waals surface area contributed by atoms with Gasteiger partial charge in [0.2, 0.25) is 5.91 Å². The van der Waals surface area contributed by atoms with E-state index in [2.05, 4.69) is 39.1 Å². The molecule has 0 bridgehead atoms. The fourth-order valence-corrected chi connectivity index (χ4v) is 3.05. The summed E-state index contributed by atoms with van der Waals surface area (Å²) in [6.07, 6.45) is 3.23. The van der Waals surface area contributed by atoms with Gasteiger partial charge in [-0.3, -0.25) is 4.79 Å². The Kier molecular flexibility index (Phi) is 4.86. The van der Waals surface area contributed by atoms with Crippen LogP contribution in [0.25, 0.3) is 0 Å². The third-order valence-electron chi connectivity index (χ3n) is 4.35. The maximum Gasteiger partial charge on any atom is 0.229 e. The Morgan fingerprint density at radius 3 is 2.75 bits per heavy atom. The van der Waals surface area contributed by atoms with E-state index >= 15 is 0 Å².